The molecule has 238 valence electrons. The normalized spacial score (nSPS) is 13.2. The molecule has 2 heterocycles. The Morgan fingerprint density at radius 1 is 0.756 bits per heavy atom. The number of nitrogens with zero attached hydrogens (tertiary/aromatic N) is 4. The van der Waals surface area contributed by atoms with Crippen LogP contribution in [0.25, 0.3) is 10.8 Å². The summed E-state index contributed by atoms with van der Waals surface area (Å²) in [6.07, 6.45) is 0.918. The van der Waals surface area contributed by atoms with Gasteiger partial charge in [0.2, 0.25) is 0 Å². The molecule has 14 heteroatoms. The molecule has 0 spiro atoms. The Balaban J connectivity index is 0.000000197. The van der Waals surface area contributed by atoms with Crippen LogP contribution in [0.5, 0.6) is 0 Å². The Bertz CT molecular complexity index is 1650. The van der Waals surface area contributed by atoms with E-state index in [1.807, 2.05) is 0 Å². The topological polar surface area (TPSA) is 190 Å². The first-order chi connectivity index (χ1) is 21.6. The molecule has 6 rings (SSSR count). The molecule has 0 fully saturated rings. The number of aliphatic imine (C=N–C) groups is 2. The highest BCUT2D eigenvalue weighted by molar-refractivity contribution is 7.79. The minimum absolute atomic E-state index is 0.832. The summed E-state index contributed by atoms with van der Waals surface area (Å²) in [7, 11) is -4.67. The molecule has 5 N–H and O–H groups in total. The molecule has 2 aliphatic rings. The summed E-state index contributed by atoms with van der Waals surface area (Å²) in [6, 6.07) is 36.0. The number of nitrogens with one attached hydrogen (secondary N) is 2. The van der Waals surface area contributed by atoms with Crippen molar-refractivity contribution in [3.05, 3.63) is 124 Å². The van der Waals surface area contributed by atoms with E-state index in [1.54, 1.807) is 0 Å². The molecule has 0 saturated carbocycles. The van der Waals surface area contributed by atoms with Crippen LogP contribution in [-0.4, -0.2) is 72.2 Å². The van der Waals surface area contributed by atoms with Gasteiger partial charge in [0, 0.05) is 31.7 Å². The zero-order chi connectivity index (χ0) is 32.5. The Morgan fingerprint density at radius 2 is 1.27 bits per heavy atom. The average Bonchev–Trinajstić information content (AvgIpc) is 3.72. The minimum atomic E-state index is -4.67. The predicted molar refractivity (Wildman–Crippen MR) is 175 cm³/mol. The van der Waals surface area contributed by atoms with E-state index in [4.69, 9.17) is 32.8 Å². The number of amidine groups is 2. The number of fused-ring (bicyclic) bond motifs is 1. The number of hydrogen-bond acceptors (Lipinski definition) is 9. The molecule has 0 radical (unpaired) electrons. The van der Waals surface area contributed by atoms with E-state index >= 15 is 0 Å². The molecule has 4 aromatic carbocycles. The van der Waals surface area contributed by atoms with E-state index in [0.717, 1.165) is 57.4 Å². The number of rotatable bonds is 7. The monoisotopic (exact) mass is 636 g/mol. The van der Waals surface area contributed by atoms with Gasteiger partial charge in [0.1, 0.15) is 11.7 Å². The molecule has 0 atom stereocenters. The highest BCUT2D eigenvalue weighted by Gasteiger charge is 2.13. The van der Waals surface area contributed by atoms with Crippen molar-refractivity contribution < 1.29 is 27.8 Å². The van der Waals surface area contributed by atoms with Crippen molar-refractivity contribution in [2.24, 2.45) is 9.98 Å². The lowest BCUT2D eigenvalue weighted by molar-refractivity contribution is -0.742. The third kappa shape index (κ3) is 13.9. The van der Waals surface area contributed by atoms with Crippen molar-refractivity contribution in [3.63, 3.8) is 0 Å². The van der Waals surface area contributed by atoms with Gasteiger partial charge in [-0.15, -0.1) is 10.1 Å². The van der Waals surface area contributed by atoms with Gasteiger partial charge in [0.05, 0.1) is 19.6 Å². The Kier molecular flexibility index (Phi) is 13.7. The van der Waals surface area contributed by atoms with E-state index in [1.165, 1.54) is 27.6 Å². The molecule has 45 heavy (non-hydrogen) atoms. The summed E-state index contributed by atoms with van der Waals surface area (Å²) < 4.78 is 31.6. The van der Waals surface area contributed by atoms with Crippen molar-refractivity contribution in [1.29, 1.82) is 0 Å². The quantitative estimate of drug-likeness (QED) is 0.112. The van der Waals surface area contributed by atoms with Crippen LogP contribution in [0.15, 0.2) is 113 Å². The fourth-order valence-electron chi connectivity index (χ4n) is 4.61. The standard InChI is InChI=1S/C17H19N3.C14H14N2.HNO3.H2O4S/c1-3-7-15(8-4-1)13-20(14-17-18-11-12-19-17)16-9-5-2-6-10-16;1-2-7-13-11(4-1)5-3-6-12(13)10-14-15-8-9-16-14;2-1(3)4;1-5(2,3)4/h1-10H,11-14H2,(H,18,19);1-7H,8-10H2,(H,15,16);(H,2,3,4);(H2,1,2,3,4). The summed E-state index contributed by atoms with van der Waals surface area (Å²) in [5, 5.41) is 22.9. The Morgan fingerprint density at radius 3 is 1.84 bits per heavy atom. The van der Waals surface area contributed by atoms with Crippen LogP contribution in [0.3, 0.4) is 0 Å². The van der Waals surface area contributed by atoms with E-state index in [2.05, 4.69) is 129 Å². The maximum Gasteiger partial charge on any atom is 0.394 e. The molecule has 0 aliphatic carbocycles. The predicted octanol–water partition coefficient (Wildman–Crippen LogP) is 4.08. The zero-order valence-electron chi connectivity index (χ0n) is 24.4. The number of benzene rings is 4. The molecule has 0 amide bonds. The number of para-hydroxylation sites is 1. The second kappa shape index (κ2) is 17.9. The smallest absolute Gasteiger partial charge is 0.372 e. The van der Waals surface area contributed by atoms with E-state index in [9.17, 15) is 0 Å². The second-order valence-corrected chi connectivity index (χ2v) is 10.6. The van der Waals surface area contributed by atoms with Crippen LogP contribution in [0, 0.1) is 10.1 Å². The average molecular weight is 637 g/mol. The van der Waals surface area contributed by atoms with Gasteiger partial charge in [-0.25, -0.2) is 0 Å². The molecule has 0 unspecified atom stereocenters. The van der Waals surface area contributed by atoms with Crippen LogP contribution in [0.2, 0.25) is 0 Å². The molecule has 0 saturated heterocycles. The second-order valence-electron chi connectivity index (χ2n) is 9.69. The third-order valence-electron chi connectivity index (χ3n) is 6.40. The highest BCUT2D eigenvalue weighted by Crippen LogP contribution is 2.19. The van der Waals surface area contributed by atoms with Crippen LogP contribution in [-0.2, 0) is 23.4 Å². The lowest BCUT2D eigenvalue weighted by Crippen LogP contribution is -2.34. The van der Waals surface area contributed by atoms with Crippen molar-refractivity contribution >= 4 is 38.5 Å². The van der Waals surface area contributed by atoms with Gasteiger partial charge >= 0.3 is 10.4 Å². The van der Waals surface area contributed by atoms with Crippen LogP contribution >= 0.6 is 0 Å². The molecule has 0 bridgehead atoms. The van der Waals surface area contributed by atoms with Crippen molar-refractivity contribution in [3.8, 4) is 0 Å². The summed E-state index contributed by atoms with van der Waals surface area (Å²) in [5.74, 6) is 2.21. The summed E-state index contributed by atoms with van der Waals surface area (Å²) in [6.45, 7) is 5.48. The van der Waals surface area contributed by atoms with E-state index < -0.39 is 15.5 Å². The van der Waals surface area contributed by atoms with Crippen molar-refractivity contribution in [1.82, 2.24) is 10.6 Å². The Hall–Kier alpha value is -5.05. The molecular formula is C31H36N6O7S. The lowest BCUT2D eigenvalue weighted by Gasteiger charge is -2.25. The maximum absolute atomic E-state index is 8.74. The van der Waals surface area contributed by atoms with Gasteiger partial charge < -0.3 is 20.7 Å². The number of hydrogen-bond donors (Lipinski definition) is 5. The minimum Gasteiger partial charge on any atom is -0.372 e. The maximum atomic E-state index is 8.74. The molecular weight excluding hydrogens is 600 g/mol. The SMILES string of the molecule is O=S(=O)(O)O.O=[N+]([O-])O.c1ccc(CN(CC2=NCCN2)c2ccccc2)cc1.c1ccc2c(CC3=NCCN3)cccc2c1. The van der Waals surface area contributed by atoms with Gasteiger partial charge in [-0.05, 0) is 34.0 Å². The molecule has 0 aromatic heterocycles. The first kappa shape index (κ1) is 34.4. The van der Waals surface area contributed by atoms with Crippen LogP contribution in [0.4, 0.5) is 5.69 Å². The first-order valence-electron chi connectivity index (χ1n) is 14.0. The van der Waals surface area contributed by atoms with Crippen molar-refractivity contribution in [2.45, 2.75) is 13.0 Å². The molecule has 4 aromatic rings. The molecule has 13 nitrogen and oxygen atoms in total. The van der Waals surface area contributed by atoms with E-state index in [0.29, 0.717) is 0 Å². The van der Waals surface area contributed by atoms with Gasteiger partial charge in [-0.3, -0.25) is 19.1 Å². The van der Waals surface area contributed by atoms with Crippen molar-refractivity contribution in [2.75, 3.05) is 37.6 Å². The largest absolute Gasteiger partial charge is 0.394 e. The summed E-state index contributed by atoms with van der Waals surface area (Å²) >= 11 is 0. The van der Waals surface area contributed by atoms with Gasteiger partial charge in [-0.2, -0.15) is 8.42 Å². The first-order valence-corrected chi connectivity index (χ1v) is 15.4. The lowest BCUT2D eigenvalue weighted by atomic mass is 10.0. The fourth-order valence-corrected chi connectivity index (χ4v) is 4.61. The van der Waals surface area contributed by atoms with Gasteiger partial charge in [0.15, 0.2) is 0 Å². The fraction of sp³-hybridized carbons (Fsp3) is 0.226. The molecule has 2 aliphatic heterocycles. The summed E-state index contributed by atoms with van der Waals surface area (Å²) in [4.78, 5) is 19.7. The van der Waals surface area contributed by atoms with Crippen LogP contribution < -0.4 is 15.5 Å². The Labute approximate surface area is 261 Å². The van der Waals surface area contributed by atoms with Gasteiger partial charge in [-0.1, -0.05) is 91.0 Å². The van der Waals surface area contributed by atoms with E-state index in [-0.39, 0.29) is 0 Å². The number of anilines is 1. The summed E-state index contributed by atoms with van der Waals surface area (Å²) in [5.41, 5.74) is 3.90. The third-order valence-corrected chi connectivity index (χ3v) is 6.40. The van der Waals surface area contributed by atoms with Gasteiger partial charge in [0.25, 0.3) is 5.09 Å². The highest BCUT2D eigenvalue weighted by atomic mass is 32.3. The van der Waals surface area contributed by atoms with Crippen LogP contribution in [0.1, 0.15) is 11.1 Å². The zero-order valence-corrected chi connectivity index (χ0v) is 25.3.